The Hall–Kier alpha value is -0.740. The SMILES string of the molecule is CC(C)(C)c1nnsc1C(N)C1=CCCCCCC1. The van der Waals surface area contributed by atoms with Crippen molar-refractivity contribution in [2.24, 2.45) is 5.73 Å². The molecular weight excluding hydrogens is 254 g/mol. The number of hydrogen-bond acceptors (Lipinski definition) is 4. The molecule has 2 N–H and O–H groups in total. The lowest BCUT2D eigenvalue weighted by Gasteiger charge is -2.22. The van der Waals surface area contributed by atoms with Gasteiger partial charge in [-0.25, -0.2) is 0 Å². The molecule has 1 aromatic rings. The van der Waals surface area contributed by atoms with Gasteiger partial charge < -0.3 is 5.73 Å². The maximum atomic E-state index is 6.49. The van der Waals surface area contributed by atoms with E-state index in [1.807, 2.05) is 0 Å². The molecule has 106 valence electrons. The molecule has 4 heteroatoms. The predicted octanol–water partition coefficient (Wildman–Crippen LogP) is 4.12. The predicted molar refractivity (Wildman–Crippen MR) is 81.3 cm³/mol. The zero-order valence-corrected chi connectivity index (χ0v) is 13.1. The Labute approximate surface area is 120 Å². The van der Waals surface area contributed by atoms with E-state index in [2.05, 4.69) is 36.4 Å². The lowest BCUT2D eigenvalue weighted by atomic mass is 9.87. The maximum Gasteiger partial charge on any atom is 0.0860 e. The molecule has 0 aromatic carbocycles. The first kappa shape index (κ1) is 14.7. The molecular formula is C15H25N3S. The Morgan fingerprint density at radius 3 is 2.68 bits per heavy atom. The minimum atomic E-state index is -0.00711. The minimum absolute atomic E-state index is 0.00711. The van der Waals surface area contributed by atoms with Crippen LogP contribution in [0.4, 0.5) is 0 Å². The van der Waals surface area contributed by atoms with Crippen LogP contribution in [0.3, 0.4) is 0 Å². The third-order valence-electron chi connectivity index (χ3n) is 3.73. The van der Waals surface area contributed by atoms with Crippen LogP contribution in [0.15, 0.2) is 11.6 Å². The summed E-state index contributed by atoms with van der Waals surface area (Å²) >= 11 is 1.46. The second kappa shape index (κ2) is 6.14. The van der Waals surface area contributed by atoms with Crippen LogP contribution in [0.2, 0.25) is 0 Å². The summed E-state index contributed by atoms with van der Waals surface area (Å²) in [6, 6.07) is -0.00711. The van der Waals surface area contributed by atoms with Crippen molar-refractivity contribution in [1.29, 1.82) is 0 Å². The van der Waals surface area contributed by atoms with Gasteiger partial charge in [-0.2, -0.15) is 0 Å². The summed E-state index contributed by atoms with van der Waals surface area (Å²) < 4.78 is 4.13. The molecule has 3 nitrogen and oxygen atoms in total. The van der Waals surface area contributed by atoms with Crippen molar-refractivity contribution in [3.63, 3.8) is 0 Å². The van der Waals surface area contributed by atoms with Crippen LogP contribution in [0.5, 0.6) is 0 Å². The molecule has 0 saturated carbocycles. The van der Waals surface area contributed by atoms with Gasteiger partial charge in [0.15, 0.2) is 0 Å². The molecule has 0 aliphatic heterocycles. The van der Waals surface area contributed by atoms with Gasteiger partial charge in [0.1, 0.15) is 0 Å². The number of rotatable bonds is 2. The van der Waals surface area contributed by atoms with E-state index in [9.17, 15) is 0 Å². The first-order valence-electron chi connectivity index (χ1n) is 7.27. The molecule has 1 unspecified atom stereocenters. The molecule has 1 aliphatic rings. The average Bonchev–Trinajstić information content (AvgIpc) is 2.76. The van der Waals surface area contributed by atoms with Crippen LogP contribution in [0.1, 0.15) is 75.9 Å². The van der Waals surface area contributed by atoms with Gasteiger partial charge in [0, 0.05) is 5.41 Å². The standard InChI is InChI=1S/C15H25N3S/c1-15(2,3)14-13(19-18-17-14)12(16)11-9-7-5-4-6-8-10-11/h9,12H,4-8,10,16H2,1-3H3. The van der Waals surface area contributed by atoms with E-state index in [-0.39, 0.29) is 11.5 Å². The molecule has 0 amide bonds. The molecule has 0 spiro atoms. The van der Waals surface area contributed by atoms with Gasteiger partial charge in [0.25, 0.3) is 0 Å². The molecule has 0 fully saturated rings. The van der Waals surface area contributed by atoms with Gasteiger partial charge in [0.05, 0.1) is 16.6 Å². The third kappa shape index (κ3) is 3.63. The fraction of sp³-hybridized carbons (Fsp3) is 0.733. The van der Waals surface area contributed by atoms with E-state index < -0.39 is 0 Å². The first-order chi connectivity index (χ1) is 9.00. The van der Waals surface area contributed by atoms with Crippen LogP contribution in [0.25, 0.3) is 0 Å². The van der Waals surface area contributed by atoms with Crippen molar-refractivity contribution in [1.82, 2.24) is 9.59 Å². The highest BCUT2D eigenvalue weighted by Gasteiger charge is 2.27. The van der Waals surface area contributed by atoms with E-state index in [1.165, 1.54) is 49.2 Å². The molecule has 0 bridgehead atoms. The molecule has 19 heavy (non-hydrogen) atoms. The molecule has 1 aliphatic carbocycles. The van der Waals surface area contributed by atoms with Gasteiger partial charge in [-0.1, -0.05) is 49.8 Å². The fourth-order valence-electron chi connectivity index (χ4n) is 2.59. The van der Waals surface area contributed by atoms with E-state index in [0.29, 0.717) is 0 Å². The van der Waals surface area contributed by atoms with E-state index in [4.69, 9.17) is 5.73 Å². The molecule has 1 atom stereocenters. The number of allylic oxidation sites excluding steroid dienone is 1. The highest BCUT2D eigenvalue weighted by molar-refractivity contribution is 7.05. The van der Waals surface area contributed by atoms with E-state index in [1.54, 1.807) is 0 Å². The van der Waals surface area contributed by atoms with Crippen molar-refractivity contribution >= 4 is 11.5 Å². The highest BCUT2D eigenvalue weighted by atomic mass is 32.1. The summed E-state index contributed by atoms with van der Waals surface area (Å²) in [5.74, 6) is 0. The lowest BCUT2D eigenvalue weighted by molar-refractivity contribution is 0.551. The van der Waals surface area contributed by atoms with E-state index in [0.717, 1.165) is 17.0 Å². The molecule has 1 heterocycles. The van der Waals surface area contributed by atoms with Crippen LogP contribution < -0.4 is 5.73 Å². The highest BCUT2D eigenvalue weighted by Crippen LogP contribution is 2.34. The zero-order chi connectivity index (χ0) is 13.9. The number of nitrogens with zero attached hydrogens (tertiary/aromatic N) is 2. The maximum absolute atomic E-state index is 6.49. The van der Waals surface area contributed by atoms with Crippen molar-refractivity contribution in [2.75, 3.05) is 0 Å². The lowest BCUT2D eigenvalue weighted by Crippen LogP contribution is -2.20. The minimum Gasteiger partial charge on any atom is -0.320 e. The average molecular weight is 279 g/mol. The van der Waals surface area contributed by atoms with Gasteiger partial charge in [-0.05, 0) is 37.2 Å². The van der Waals surface area contributed by atoms with Crippen LogP contribution >= 0.6 is 11.5 Å². The Morgan fingerprint density at radius 2 is 1.95 bits per heavy atom. The van der Waals surface area contributed by atoms with Crippen molar-refractivity contribution in [2.45, 2.75) is 70.8 Å². The normalized spacial score (nSPS) is 19.5. The summed E-state index contributed by atoms with van der Waals surface area (Å²) in [7, 11) is 0. The van der Waals surface area contributed by atoms with Gasteiger partial charge in [-0.15, -0.1) is 5.10 Å². The third-order valence-corrected chi connectivity index (χ3v) is 4.54. The van der Waals surface area contributed by atoms with Gasteiger partial charge in [0.2, 0.25) is 0 Å². The summed E-state index contributed by atoms with van der Waals surface area (Å²) in [6.45, 7) is 6.52. The summed E-state index contributed by atoms with van der Waals surface area (Å²) in [5, 5.41) is 4.31. The van der Waals surface area contributed by atoms with Crippen molar-refractivity contribution in [3.8, 4) is 0 Å². The quantitative estimate of drug-likeness (QED) is 0.829. The van der Waals surface area contributed by atoms with Crippen LogP contribution in [0, 0.1) is 0 Å². The summed E-state index contributed by atoms with van der Waals surface area (Å²) in [6.07, 6.45) is 9.89. The number of nitrogens with two attached hydrogens (primary N) is 1. The van der Waals surface area contributed by atoms with Crippen LogP contribution in [-0.4, -0.2) is 9.59 Å². The monoisotopic (exact) mass is 279 g/mol. The number of aromatic nitrogens is 2. The number of hydrogen-bond donors (Lipinski definition) is 1. The fourth-order valence-corrected chi connectivity index (χ4v) is 3.50. The molecule has 0 radical (unpaired) electrons. The van der Waals surface area contributed by atoms with E-state index >= 15 is 0 Å². The van der Waals surface area contributed by atoms with Crippen LogP contribution in [-0.2, 0) is 5.41 Å². The van der Waals surface area contributed by atoms with Crippen molar-refractivity contribution < 1.29 is 0 Å². The zero-order valence-electron chi connectivity index (χ0n) is 12.3. The van der Waals surface area contributed by atoms with Crippen molar-refractivity contribution in [3.05, 3.63) is 22.2 Å². The molecule has 2 rings (SSSR count). The van der Waals surface area contributed by atoms with Gasteiger partial charge in [-0.3, -0.25) is 0 Å². The second-order valence-corrected chi connectivity index (χ2v) is 7.23. The smallest absolute Gasteiger partial charge is 0.0860 e. The Kier molecular flexibility index (Phi) is 4.74. The molecule has 0 saturated heterocycles. The Balaban J connectivity index is 2.23. The summed E-state index contributed by atoms with van der Waals surface area (Å²) in [4.78, 5) is 1.15. The molecule has 1 aromatic heterocycles. The largest absolute Gasteiger partial charge is 0.320 e. The Morgan fingerprint density at radius 1 is 1.21 bits per heavy atom. The summed E-state index contributed by atoms with van der Waals surface area (Å²) in [5.41, 5.74) is 8.96. The first-order valence-corrected chi connectivity index (χ1v) is 8.04. The topological polar surface area (TPSA) is 51.8 Å². The van der Waals surface area contributed by atoms with Gasteiger partial charge >= 0.3 is 0 Å². The second-order valence-electron chi connectivity index (χ2n) is 6.45. The Bertz CT molecular complexity index is 442.